The summed E-state index contributed by atoms with van der Waals surface area (Å²) in [5, 5.41) is 0. The zero-order chi connectivity index (χ0) is 30.9. The van der Waals surface area contributed by atoms with E-state index in [4.69, 9.17) is 0 Å². The second-order valence-electron chi connectivity index (χ2n) is 13.2. The normalized spacial score (nSPS) is 34.9. The summed E-state index contributed by atoms with van der Waals surface area (Å²) in [5.41, 5.74) is -1.59. The minimum atomic E-state index is -4.41. The number of ketones is 2. The summed E-state index contributed by atoms with van der Waals surface area (Å²) in [5.74, 6) is -2.50. The average Bonchev–Trinajstić information content (AvgIpc) is 3.01. The number of rotatable bonds is 7. The fraction of sp³-hybridized carbons (Fsp3) is 0.600. The van der Waals surface area contributed by atoms with Gasteiger partial charge in [0.1, 0.15) is 0 Å². The van der Waals surface area contributed by atoms with Crippen molar-refractivity contribution in [2.24, 2.45) is 39.4 Å². The minimum absolute atomic E-state index is 0.0419. The summed E-state index contributed by atoms with van der Waals surface area (Å²) in [6, 6.07) is 7.20. The molecule has 10 heteroatoms. The summed E-state index contributed by atoms with van der Waals surface area (Å²) in [4.78, 5) is 27.1. The van der Waals surface area contributed by atoms with Crippen LogP contribution in [-0.4, -0.2) is 49.0 Å². The molecule has 8 nitrogen and oxygen atoms in total. The fourth-order valence-corrected chi connectivity index (χ4v) is 9.41. The first-order valence-electron chi connectivity index (χ1n) is 13.5. The molecule has 0 spiro atoms. The molecule has 2 N–H and O–H groups in total. The Labute approximate surface area is 238 Å². The van der Waals surface area contributed by atoms with Crippen molar-refractivity contribution >= 4 is 44.0 Å². The highest BCUT2D eigenvalue weighted by atomic mass is 32.2. The Kier molecular flexibility index (Phi) is 8.09. The van der Waals surface area contributed by atoms with Crippen molar-refractivity contribution in [3.8, 4) is 0 Å². The summed E-state index contributed by atoms with van der Waals surface area (Å²) >= 11 is 0. The van der Waals surface area contributed by atoms with Crippen molar-refractivity contribution in [1.82, 2.24) is 0 Å². The van der Waals surface area contributed by atoms with Crippen LogP contribution in [0.1, 0.15) is 73.4 Å². The number of carbonyl (C=O) groups excluding carboxylic acids is 2. The lowest BCUT2D eigenvalue weighted by Crippen LogP contribution is -2.47. The van der Waals surface area contributed by atoms with Gasteiger partial charge in [-0.3, -0.25) is 18.7 Å². The van der Waals surface area contributed by atoms with Gasteiger partial charge in [0.25, 0.3) is 20.2 Å². The van der Waals surface area contributed by atoms with Crippen LogP contribution in [0.15, 0.2) is 35.4 Å². The topological polar surface area (TPSA) is 143 Å². The van der Waals surface area contributed by atoms with Crippen LogP contribution in [0.2, 0.25) is 0 Å². The molecule has 1 aromatic rings. The summed E-state index contributed by atoms with van der Waals surface area (Å²) in [6.45, 7) is 16.4. The zero-order valence-electron chi connectivity index (χ0n) is 24.8. The summed E-state index contributed by atoms with van der Waals surface area (Å²) in [7, 11) is -8.78. The first-order chi connectivity index (χ1) is 17.9. The molecule has 0 aliphatic heterocycles. The third-order valence-corrected chi connectivity index (χ3v) is 12.7. The molecule has 2 fully saturated rings. The Morgan fingerprint density at radius 3 is 1.45 bits per heavy atom. The first kappa shape index (κ1) is 32.4. The molecule has 0 saturated heterocycles. The van der Waals surface area contributed by atoms with E-state index in [0.29, 0.717) is 11.1 Å². The lowest BCUT2D eigenvalue weighted by atomic mass is 9.59. The van der Waals surface area contributed by atoms with Crippen LogP contribution in [0.4, 0.5) is 0 Å². The third kappa shape index (κ3) is 5.16. The summed E-state index contributed by atoms with van der Waals surface area (Å²) < 4.78 is 66.4. The van der Waals surface area contributed by atoms with Crippen molar-refractivity contribution in [2.45, 2.75) is 62.3 Å². The second kappa shape index (κ2) is 10.00. The van der Waals surface area contributed by atoms with E-state index < -0.39 is 53.4 Å². The molecule has 0 heterocycles. The molecule has 5 atom stereocenters. The van der Waals surface area contributed by atoms with Gasteiger partial charge in [-0.15, -0.1) is 0 Å². The van der Waals surface area contributed by atoms with Crippen LogP contribution in [0.25, 0.3) is 12.2 Å². The van der Waals surface area contributed by atoms with E-state index in [1.165, 1.54) is 0 Å². The predicted octanol–water partition coefficient (Wildman–Crippen LogP) is 5.37. The third-order valence-electron chi connectivity index (χ3n) is 10.8. The highest BCUT2D eigenvalue weighted by Crippen LogP contribution is 2.61. The molecular formula is C30H42O8S2. The van der Waals surface area contributed by atoms with Gasteiger partial charge in [-0.2, -0.15) is 16.8 Å². The highest BCUT2D eigenvalue weighted by molar-refractivity contribution is 7.86. The van der Waals surface area contributed by atoms with Crippen LogP contribution in [0.5, 0.6) is 0 Å². The molecule has 4 unspecified atom stereocenters. The number of benzene rings is 1. The van der Waals surface area contributed by atoms with Gasteiger partial charge in [-0.25, -0.2) is 0 Å². The molecular weight excluding hydrogens is 552 g/mol. The van der Waals surface area contributed by atoms with E-state index in [9.17, 15) is 35.5 Å². The van der Waals surface area contributed by atoms with E-state index in [0.717, 1.165) is 11.1 Å². The van der Waals surface area contributed by atoms with Crippen LogP contribution >= 0.6 is 0 Å². The van der Waals surface area contributed by atoms with Crippen molar-refractivity contribution in [3.05, 3.63) is 46.5 Å². The van der Waals surface area contributed by atoms with Gasteiger partial charge >= 0.3 is 0 Å². The minimum Gasteiger partial charge on any atom is -0.294 e. The van der Waals surface area contributed by atoms with Crippen LogP contribution < -0.4 is 0 Å². The van der Waals surface area contributed by atoms with Crippen LogP contribution in [0, 0.1) is 39.4 Å². The van der Waals surface area contributed by atoms with Gasteiger partial charge in [0.05, 0.1) is 22.3 Å². The molecule has 2 aliphatic rings. The number of hydrogen-bond donors (Lipinski definition) is 2. The molecule has 0 aromatic heterocycles. The molecule has 3 rings (SSSR count). The molecule has 2 saturated carbocycles. The Balaban J connectivity index is 2.00. The van der Waals surface area contributed by atoms with Crippen molar-refractivity contribution in [1.29, 1.82) is 0 Å². The monoisotopic (exact) mass is 594 g/mol. The van der Waals surface area contributed by atoms with E-state index >= 15 is 0 Å². The van der Waals surface area contributed by atoms with Crippen molar-refractivity contribution in [3.63, 3.8) is 0 Å². The number of allylic oxidation sites excluding steroid dienone is 2. The Morgan fingerprint density at radius 2 is 1.07 bits per heavy atom. The van der Waals surface area contributed by atoms with Gasteiger partial charge in [0.15, 0.2) is 11.6 Å². The lowest BCUT2D eigenvalue weighted by molar-refractivity contribution is -0.126. The van der Waals surface area contributed by atoms with E-state index in [-0.39, 0.29) is 29.3 Å². The Bertz CT molecular complexity index is 1500. The van der Waals surface area contributed by atoms with Crippen molar-refractivity contribution < 1.29 is 35.5 Å². The Morgan fingerprint density at radius 1 is 0.725 bits per heavy atom. The number of carbonyl (C=O) groups is 2. The standard InChI is InChI=1S/C30H42O8S2/c1-18(2)30(9)20(4)24(26(32)29(30,8)17-40(36,37)38)15-22-12-10-21(11-13-22)14-23-19(3)27(5,6)28(7,25(23)31)16-39(33,34)35/h10-15,18-20H,16-17H2,1-9H3,(H,33,34,35)(H,36,37,38)/b23-14-,24-15-/t19?,20-,28?,29?,30?/m1/s1. The number of hydrogen-bond acceptors (Lipinski definition) is 6. The quantitative estimate of drug-likeness (QED) is 0.317. The SMILES string of the molecule is CC1/C(=C/c2ccc(/C=C3\C(=O)C(C)(CS(=O)(=O)O)C(C)(C(C)C)[C@@H]3C)cc2)C(=O)C(C)(CS(=O)(=O)O)C1(C)C. The lowest BCUT2D eigenvalue weighted by Gasteiger charge is -2.44. The zero-order valence-corrected chi connectivity index (χ0v) is 26.4. The van der Waals surface area contributed by atoms with Crippen molar-refractivity contribution in [2.75, 3.05) is 11.5 Å². The fourth-order valence-electron chi connectivity index (χ4n) is 7.00. The summed E-state index contributed by atoms with van der Waals surface area (Å²) in [6.07, 6.45) is 3.50. The molecule has 0 bridgehead atoms. The molecule has 0 amide bonds. The predicted molar refractivity (Wildman–Crippen MR) is 157 cm³/mol. The Hall–Kier alpha value is -2.14. The van der Waals surface area contributed by atoms with Gasteiger partial charge in [0.2, 0.25) is 0 Å². The molecule has 222 valence electrons. The largest absolute Gasteiger partial charge is 0.294 e. The number of Topliss-reactive ketones (excluding diaryl/α,β-unsaturated/α-hetero) is 2. The maximum Gasteiger partial charge on any atom is 0.265 e. The van der Waals surface area contributed by atoms with Gasteiger partial charge < -0.3 is 0 Å². The van der Waals surface area contributed by atoms with Crippen LogP contribution in [0.3, 0.4) is 0 Å². The maximum atomic E-state index is 13.7. The smallest absolute Gasteiger partial charge is 0.265 e. The van der Waals surface area contributed by atoms with E-state index in [1.807, 2.05) is 48.5 Å². The van der Waals surface area contributed by atoms with Gasteiger partial charge in [0, 0.05) is 0 Å². The van der Waals surface area contributed by atoms with Gasteiger partial charge in [-0.1, -0.05) is 86.6 Å². The average molecular weight is 595 g/mol. The second-order valence-corrected chi connectivity index (χ2v) is 16.1. The molecule has 40 heavy (non-hydrogen) atoms. The highest BCUT2D eigenvalue weighted by Gasteiger charge is 2.63. The first-order valence-corrected chi connectivity index (χ1v) is 16.7. The van der Waals surface area contributed by atoms with E-state index in [1.54, 1.807) is 50.3 Å². The maximum absolute atomic E-state index is 13.7. The molecule has 1 aromatic carbocycles. The van der Waals surface area contributed by atoms with Gasteiger partial charge in [-0.05, 0) is 63.0 Å². The molecule has 2 aliphatic carbocycles. The van der Waals surface area contributed by atoms with Crippen LogP contribution in [-0.2, 0) is 29.8 Å². The molecule has 0 radical (unpaired) electrons. The van der Waals surface area contributed by atoms with E-state index in [2.05, 4.69) is 0 Å².